The highest BCUT2D eigenvalue weighted by Gasteiger charge is 2.40. The Hall–Kier alpha value is -2.11. The zero-order chi connectivity index (χ0) is 23.5. The molecule has 1 amide bonds. The van der Waals surface area contributed by atoms with Crippen LogP contribution in [0.4, 0.5) is 4.79 Å². The second kappa shape index (κ2) is 10.0. The molecule has 0 spiro atoms. The number of carbonyl (C=O) groups excluding carboxylic acids is 1. The topological polar surface area (TPSA) is 61.8 Å². The zero-order valence-electron chi connectivity index (χ0n) is 20.5. The number of piperidine rings is 1. The lowest BCUT2D eigenvalue weighted by atomic mass is 9.72. The Labute approximate surface area is 198 Å². The average Bonchev–Trinajstić information content (AvgIpc) is 2.77. The highest BCUT2D eigenvalue weighted by Crippen LogP contribution is 2.41. The van der Waals surface area contributed by atoms with Gasteiger partial charge in [-0.25, -0.2) is 4.79 Å². The first kappa shape index (κ1) is 24.0. The maximum Gasteiger partial charge on any atom is 0.407 e. The summed E-state index contributed by atoms with van der Waals surface area (Å²) in [6.07, 6.45) is 6.65. The highest BCUT2D eigenvalue weighted by atomic mass is 16.6. The van der Waals surface area contributed by atoms with Gasteiger partial charge >= 0.3 is 6.09 Å². The maximum absolute atomic E-state index is 12.1. The van der Waals surface area contributed by atoms with Gasteiger partial charge in [-0.2, -0.15) is 0 Å². The molecule has 2 aromatic carbocycles. The number of amides is 1. The van der Waals surface area contributed by atoms with E-state index in [1.54, 1.807) is 0 Å². The smallest absolute Gasteiger partial charge is 0.407 e. The van der Waals surface area contributed by atoms with Crippen molar-refractivity contribution < 1.29 is 14.6 Å². The third-order valence-corrected chi connectivity index (χ3v) is 7.29. The summed E-state index contributed by atoms with van der Waals surface area (Å²) in [5.41, 5.74) is 0.117. The Kier molecular flexibility index (Phi) is 7.30. The van der Waals surface area contributed by atoms with Crippen LogP contribution in [0.3, 0.4) is 0 Å². The number of ether oxygens (including phenoxy) is 1. The molecule has 2 N–H and O–H groups in total. The van der Waals surface area contributed by atoms with Gasteiger partial charge in [-0.1, -0.05) is 61.7 Å². The zero-order valence-corrected chi connectivity index (χ0v) is 20.5. The number of hydrogen-bond donors (Lipinski definition) is 2. The first-order valence-corrected chi connectivity index (χ1v) is 12.6. The molecule has 1 saturated carbocycles. The lowest BCUT2D eigenvalue weighted by Crippen LogP contribution is -2.49. The third kappa shape index (κ3) is 6.27. The van der Waals surface area contributed by atoms with Crippen LogP contribution in [-0.2, 0) is 4.74 Å². The number of alkyl carbamates (subject to hydrolysis) is 1. The minimum Gasteiger partial charge on any atom is -0.444 e. The van der Waals surface area contributed by atoms with Crippen LogP contribution >= 0.6 is 0 Å². The number of rotatable bonds is 5. The van der Waals surface area contributed by atoms with Gasteiger partial charge in [-0.05, 0) is 62.8 Å². The summed E-state index contributed by atoms with van der Waals surface area (Å²) in [6, 6.07) is 15.3. The molecular weight excluding hydrogens is 412 g/mol. The number of hydrogen-bond acceptors (Lipinski definition) is 4. The van der Waals surface area contributed by atoms with E-state index in [2.05, 4.69) is 52.7 Å². The number of nitrogens with zero attached hydrogens (tertiary/aromatic N) is 1. The van der Waals surface area contributed by atoms with E-state index in [1.165, 1.54) is 22.8 Å². The van der Waals surface area contributed by atoms with Crippen LogP contribution in [0.5, 0.6) is 0 Å². The summed E-state index contributed by atoms with van der Waals surface area (Å²) in [4.78, 5) is 14.6. The first-order valence-electron chi connectivity index (χ1n) is 12.6. The summed E-state index contributed by atoms with van der Waals surface area (Å²) in [6.45, 7) is 8.35. The molecule has 180 valence electrons. The van der Waals surface area contributed by atoms with E-state index in [1.807, 2.05) is 20.8 Å². The van der Waals surface area contributed by atoms with Gasteiger partial charge < -0.3 is 20.1 Å². The molecule has 0 radical (unpaired) electrons. The van der Waals surface area contributed by atoms with E-state index in [9.17, 15) is 9.90 Å². The van der Waals surface area contributed by atoms with Crippen LogP contribution in [0.25, 0.3) is 10.8 Å². The van der Waals surface area contributed by atoms with Crippen LogP contribution in [0, 0.1) is 0 Å². The van der Waals surface area contributed by atoms with E-state index < -0.39 is 11.2 Å². The number of aliphatic hydroxyl groups is 1. The van der Waals surface area contributed by atoms with E-state index in [0.29, 0.717) is 0 Å². The van der Waals surface area contributed by atoms with Crippen molar-refractivity contribution in [3.05, 3.63) is 48.0 Å². The van der Waals surface area contributed by atoms with E-state index in [-0.39, 0.29) is 18.1 Å². The average molecular weight is 453 g/mol. The SMILES string of the molecule is CC(C)(C)OC(=O)NC1CCN(CC(c2ccc3ccccc3c2)C2(O)CCCCC2)CC1. The van der Waals surface area contributed by atoms with Gasteiger partial charge in [-0.3, -0.25) is 0 Å². The van der Waals surface area contributed by atoms with Crippen LogP contribution in [0.15, 0.2) is 42.5 Å². The predicted molar refractivity (Wildman–Crippen MR) is 134 cm³/mol. The van der Waals surface area contributed by atoms with Crippen molar-refractivity contribution in [2.75, 3.05) is 19.6 Å². The monoisotopic (exact) mass is 452 g/mol. The molecule has 1 heterocycles. The van der Waals surface area contributed by atoms with Crippen LogP contribution in [0.2, 0.25) is 0 Å². The largest absolute Gasteiger partial charge is 0.444 e. The Balaban J connectivity index is 1.44. The van der Waals surface area contributed by atoms with Crippen molar-refractivity contribution in [1.29, 1.82) is 0 Å². The van der Waals surface area contributed by atoms with Gasteiger partial charge in [0, 0.05) is 31.6 Å². The van der Waals surface area contributed by atoms with Crippen molar-refractivity contribution in [1.82, 2.24) is 10.2 Å². The molecule has 33 heavy (non-hydrogen) atoms. The molecule has 2 aromatic rings. The van der Waals surface area contributed by atoms with Gasteiger partial charge in [-0.15, -0.1) is 0 Å². The lowest BCUT2D eigenvalue weighted by molar-refractivity contribution is -0.0326. The lowest BCUT2D eigenvalue weighted by Gasteiger charge is -2.43. The summed E-state index contributed by atoms with van der Waals surface area (Å²) < 4.78 is 5.42. The number of likely N-dealkylation sites (tertiary alicyclic amines) is 1. The minimum atomic E-state index is -0.647. The maximum atomic E-state index is 12.1. The van der Waals surface area contributed by atoms with Crippen molar-refractivity contribution >= 4 is 16.9 Å². The van der Waals surface area contributed by atoms with Gasteiger partial charge in [0.15, 0.2) is 0 Å². The Morgan fingerprint density at radius 2 is 1.76 bits per heavy atom. The third-order valence-electron chi connectivity index (χ3n) is 7.29. The fourth-order valence-electron chi connectivity index (χ4n) is 5.51. The molecule has 4 rings (SSSR count). The number of nitrogens with one attached hydrogen (secondary N) is 1. The van der Waals surface area contributed by atoms with Crippen molar-refractivity contribution in [3.63, 3.8) is 0 Å². The molecule has 1 atom stereocenters. The summed E-state index contributed by atoms with van der Waals surface area (Å²) in [5, 5.41) is 17.3. The van der Waals surface area contributed by atoms with Crippen LogP contribution in [0.1, 0.15) is 77.2 Å². The second-order valence-corrected chi connectivity index (χ2v) is 11.0. The van der Waals surface area contributed by atoms with Gasteiger partial charge in [0.05, 0.1) is 5.60 Å². The Morgan fingerprint density at radius 3 is 2.42 bits per heavy atom. The minimum absolute atomic E-state index is 0.0952. The quantitative estimate of drug-likeness (QED) is 0.619. The van der Waals surface area contributed by atoms with Crippen molar-refractivity contribution in [2.24, 2.45) is 0 Å². The van der Waals surface area contributed by atoms with E-state index >= 15 is 0 Å². The molecule has 1 aliphatic carbocycles. The van der Waals surface area contributed by atoms with Gasteiger partial charge in [0.1, 0.15) is 5.60 Å². The number of carbonyl (C=O) groups is 1. The Bertz CT molecular complexity index is 938. The molecular formula is C28H40N2O3. The van der Waals surface area contributed by atoms with Crippen molar-refractivity contribution in [3.8, 4) is 0 Å². The molecule has 5 heteroatoms. The molecule has 2 fully saturated rings. The van der Waals surface area contributed by atoms with Crippen LogP contribution in [-0.4, -0.2) is 53.0 Å². The van der Waals surface area contributed by atoms with Crippen molar-refractivity contribution in [2.45, 2.75) is 88.9 Å². The second-order valence-electron chi connectivity index (χ2n) is 11.0. The number of benzene rings is 2. The standard InChI is InChI=1S/C28H40N2O3/c1-27(2,3)33-26(31)29-24-13-17-30(18-14-24)20-25(28(32)15-7-4-8-16-28)23-12-11-21-9-5-6-10-22(21)19-23/h5-6,9-12,19,24-25,32H,4,7-8,13-18,20H2,1-3H3,(H,29,31). The molecule has 5 nitrogen and oxygen atoms in total. The highest BCUT2D eigenvalue weighted by molar-refractivity contribution is 5.83. The molecule has 2 aliphatic rings. The normalized spacial score (nSPS) is 21.0. The van der Waals surface area contributed by atoms with E-state index in [0.717, 1.165) is 58.2 Å². The van der Waals surface area contributed by atoms with Crippen LogP contribution < -0.4 is 5.32 Å². The summed E-state index contributed by atoms with van der Waals surface area (Å²) >= 11 is 0. The number of fused-ring (bicyclic) bond motifs is 1. The predicted octanol–water partition coefficient (Wildman–Crippen LogP) is 5.61. The fourth-order valence-corrected chi connectivity index (χ4v) is 5.51. The Morgan fingerprint density at radius 1 is 1.09 bits per heavy atom. The first-order chi connectivity index (χ1) is 15.7. The van der Waals surface area contributed by atoms with Gasteiger partial charge in [0.25, 0.3) is 0 Å². The molecule has 0 bridgehead atoms. The summed E-state index contributed by atoms with van der Waals surface area (Å²) in [7, 11) is 0. The molecule has 1 unspecified atom stereocenters. The molecule has 1 saturated heterocycles. The van der Waals surface area contributed by atoms with Gasteiger partial charge in [0.2, 0.25) is 0 Å². The molecule has 0 aromatic heterocycles. The van der Waals surface area contributed by atoms with E-state index in [4.69, 9.17) is 4.74 Å². The summed E-state index contributed by atoms with van der Waals surface area (Å²) in [5.74, 6) is 0.0952. The fraction of sp³-hybridized carbons (Fsp3) is 0.607. The molecule has 1 aliphatic heterocycles.